The first-order valence-corrected chi connectivity index (χ1v) is 7.45. The molecule has 2 aromatic heterocycles. The number of rotatable bonds is 6. The van der Waals surface area contributed by atoms with Gasteiger partial charge in [-0.3, -0.25) is 9.78 Å². The largest absolute Gasteiger partial charge is 0.325 e. The van der Waals surface area contributed by atoms with Crippen molar-refractivity contribution in [1.82, 2.24) is 15.0 Å². The minimum Gasteiger partial charge on any atom is -0.325 e. The fraction of sp³-hybridized carbons (Fsp3) is 0.429. The first-order chi connectivity index (χ1) is 9.63. The summed E-state index contributed by atoms with van der Waals surface area (Å²) in [6, 6.07) is 0. The molecule has 0 saturated heterocycles. The molecule has 0 fully saturated rings. The maximum Gasteiger partial charge on any atom is 0.183 e. The second-order valence-electron chi connectivity index (χ2n) is 4.48. The van der Waals surface area contributed by atoms with Crippen LogP contribution in [0.5, 0.6) is 0 Å². The smallest absolute Gasteiger partial charge is 0.183 e. The molecule has 0 saturated carbocycles. The third-order valence-corrected chi connectivity index (χ3v) is 3.99. The van der Waals surface area contributed by atoms with Crippen LogP contribution in [-0.4, -0.2) is 20.7 Å². The van der Waals surface area contributed by atoms with Crippen molar-refractivity contribution in [3.8, 4) is 0 Å². The minimum absolute atomic E-state index is 0.0156. The predicted molar refractivity (Wildman–Crippen MR) is 78.8 cm³/mol. The van der Waals surface area contributed by atoms with Gasteiger partial charge in [-0.1, -0.05) is 6.92 Å². The number of ketones is 1. The quantitative estimate of drug-likeness (QED) is 0.824. The maximum atomic E-state index is 12.1. The highest BCUT2D eigenvalue weighted by molar-refractivity contribution is 7.11. The van der Waals surface area contributed by atoms with Crippen LogP contribution >= 0.6 is 11.3 Å². The number of thiazole rings is 1. The lowest BCUT2D eigenvalue weighted by atomic mass is 10.1. The molecule has 2 heterocycles. The lowest BCUT2D eigenvalue weighted by molar-refractivity contribution is 0.0977. The van der Waals surface area contributed by atoms with Gasteiger partial charge in [0.1, 0.15) is 5.69 Å². The number of hydrogen-bond acceptors (Lipinski definition) is 6. The SMILES string of the molecule is CCc1nc(C(=O)CCc2cnc(C)s2)cnc1CN. The highest BCUT2D eigenvalue weighted by Gasteiger charge is 2.12. The summed E-state index contributed by atoms with van der Waals surface area (Å²) in [4.78, 5) is 26.1. The lowest BCUT2D eigenvalue weighted by Crippen LogP contribution is -2.11. The summed E-state index contributed by atoms with van der Waals surface area (Å²) < 4.78 is 0. The second kappa shape index (κ2) is 6.67. The third kappa shape index (κ3) is 3.46. The van der Waals surface area contributed by atoms with Gasteiger partial charge >= 0.3 is 0 Å². The number of Topliss-reactive ketones (excluding diaryl/α,β-unsaturated/α-hetero) is 1. The fourth-order valence-corrected chi connectivity index (χ4v) is 2.72. The number of nitrogens with two attached hydrogens (primary N) is 1. The Bertz CT molecular complexity index is 609. The molecule has 0 amide bonds. The lowest BCUT2D eigenvalue weighted by Gasteiger charge is -2.06. The van der Waals surface area contributed by atoms with E-state index in [4.69, 9.17) is 5.73 Å². The summed E-state index contributed by atoms with van der Waals surface area (Å²) in [6.45, 7) is 4.29. The van der Waals surface area contributed by atoms with Gasteiger partial charge in [-0.2, -0.15) is 0 Å². The van der Waals surface area contributed by atoms with Crippen LogP contribution in [-0.2, 0) is 19.4 Å². The zero-order valence-electron chi connectivity index (χ0n) is 11.7. The van der Waals surface area contributed by atoms with Gasteiger partial charge in [0, 0.05) is 24.0 Å². The summed E-state index contributed by atoms with van der Waals surface area (Å²) in [5.74, 6) is 0.0156. The molecule has 2 aromatic rings. The Morgan fingerprint density at radius 1 is 1.30 bits per heavy atom. The highest BCUT2D eigenvalue weighted by atomic mass is 32.1. The van der Waals surface area contributed by atoms with Crippen molar-refractivity contribution in [3.05, 3.63) is 39.4 Å². The van der Waals surface area contributed by atoms with E-state index in [9.17, 15) is 4.79 Å². The molecule has 0 aliphatic heterocycles. The average Bonchev–Trinajstić information content (AvgIpc) is 2.89. The molecule has 0 unspecified atom stereocenters. The Kier molecular flexibility index (Phi) is 4.92. The van der Waals surface area contributed by atoms with Crippen molar-refractivity contribution in [1.29, 1.82) is 0 Å². The van der Waals surface area contributed by atoms with Crippen LogP contribution in [0.2, 0.25) is 0 Å². The van der Waals surface area contributed by atoms with Gasteiger partial charge in [-0.05, 0) is 19.8 Å². The monoisotopic (exact) mass is 290 g/mol. The van der Waals surface area contributed by atoms with E-state index >= 15 is 0 Å². The standard InChI is InChI=1S/C14H18N4OS/c1-3-11-12(6-15)17-8-13(18-11)14(19)5-4-10-7-16-9(2)20-10/h7-8H,3-6,15H2,1-2H3. The van der Waals surface area contributed by atoms with E-state index in [1.54, 1.807) is 11.3 Å². The van der Waals surface area contributed by atoms with Crippen molar-refractivity contribution in [2.75, 3.05) is 0 Å². The molecule has 0 aliphatic carbocycles. The molecular formula is C14H18N4OS. The van der Waals surface area contributed by atoms with Crippen molar-refractivity contribution >= 4 is 17.1 Å². The highest BCUT2D eigenvalue weighted by Crippen LogP contribution is 2.15. The van der Waals surface area contributed by atoms with Crippen LogP contribution in [0.4, 0.5) is 0 Å². The van der Waals surface area contributed by atoms with Gasteiger partial charge in [0.2, 0.25) is 0 Å². The second-order valence-corrected chi connectivity index (χ2v) is 5.79. The molecule has 0 aliphatic rings. The predicted octanol–water partition coefficient (Wildman–Crippen LogP) is 2.08. The first kappa shape index (κ1) is 14.7. The number of carbonyl (C=O) groups excluding carboxylic acids is 1. The molecule has 2 rings (SSSR count). The van der Waals surface area contributed by atoms with Gasteiger partial charge in [0.25, 0.3) is 0 Å². The molecule has 0 atom stereocenters. The molecule has 106 valence electrons. The molecular weight excluding hydrogens is 272 g/mol. The van der Waals surface area contributed by atoms with E-state index in [1.165, 1.54) is 6.20 Å². The van der Waals surface area contributed by atoms with Crippen molar-refractivity contribution < 1.29 is 4.79 Å². The molecule has 0 bridgehead atoms. The van der Waals surface area contributed by atoms with Crippen LogP contribution < -0.4 is 5.73 Å². The molecule has 5 nitrogen and oxygen atoms in total. The van der Waals surface area contributed by atoms with E-state index in [0.29, 0.717) is 25.1 Å². The zero-order chi connectivity index (χ0) is 14.5. The average molecular weight is 290 g/mol. The molecule has 6 heteroatoms. The van der Waals surface area contributed by atoms with Gasteiger partial charge < -0.3 is 5.73 Å². The van der Waals surface area contributed by atoms with Gasteiger partial charge in [-0.15, -0.1) is 11.3 Å². The minimum atomic E-state index is 0.0156. The molecule has 0 aromatic carbocycles. The van der Waals surface area contributed by atoms with Crippen LogP contribution in [0.3, 0.4) is 0 Å². The normalized spacial score (nSPS) is 10.8. The Balaban J connectivity index is 2.05. The Morgan fingerprint density at radius 2 is 2.10 bits per heavy atom. The summed E-state index contributed by atoms with van der Waals surface area (Å²) in [5, 5.41) is 1.02. The van der Waals surface area contributed by atoms with Gasteiger partial charge in [0.05, 0.1) is 22.6 Å². The van der Waals surface area contributed by atoms with Gasteiger partial charge in [-0.25, -0.2) is 9.97 Å². The van der Waals surface area contributed by atoms with Crippen LogP contribution in [0.15, 0.2) is 12.4 Å². The number of aryl methyl sites for hydroxylation is 3. The van der Waals surface area contributed by atoms with Gasteiger partial charge in [0.15, 0.2) is 5.78 Å². The number of carbonyl (C=O) groups is 1. The summed E-state index contributed by atoms with van der Waals surface area (Å²) in [7, 11) is 0. The zero-order valence-corrected chi connectivity index (χ0v) is 12.5. The molecule has 0 radical (unpaired) electrons. The first-order valence-electron chi connectivity index (χ1n) is 6.63. The van der Waals surface area contributed by atoms with E-state index in [2.05, 4.69) is 15.0 Å². The topological polar surface area (TPSA) is 81.8 Å². The van der Waals surface area contributed by atoms with Crippen molar-refractivity contribution in [3.63, 3.8) is 0 Å². The number of hydrogen-bond donors (Lipinski definition) is 1. The fourth-order valence-electron chi connectivity index (χ4n) is 1.93. The Labute approximate surface area is 122 Å². The Hall–Kier alpha value is -1.66. The van der Waals surface area contributed by atoms with Crippen LogP contribution in [0.25, 0.3) is 0 Å². The number of nitrogens with zero attached hydrogens (tertiary/aromatic N) is 3. The molecule has 0 spiro atoms. The molecule has 20 heavy (non-hydrogen) atoms. The van der Waals surface area contributed by atoms with Crippen molar-refractivity contribution in [2.24, 2.45) is 5.73 Å². The van der Waals surface area contributed by atoms with Crippen LogP contribution in [0.1, 0.15) is 45.1 Å². The van der Waals surface area contributed by atoms with E-state index in [1.807, 2.05) is 20.0 Å². The Morgan fingerprint density at radius 3 is 2.70 bits per heavy atom. The van der Waals surface area contributed by atoms with E-state index in [-0.39, 0.29) is 5.78 Å². The van der Waals surface area contributed by atoms with Crippen molar-refractivity contribution in [2.45, 2.75) is 39.7 Å². The van der Waals surface area contributed by atoms with E-state index in [0.717, 1.165) is 27.7 Å². The maximum absolute atomic E-state index is 12.1. The molecule has 2 N–H and O–H groups in total. The third-order valence-electron chi connectivity index (χ3n) is 3.01. The summed E-state index contributed by atoms with van der Waals surface area (Å²) in [5.41, 5.74) is 7.61. The van der Waals surface area contributed by atoms with Crippen LogP contribution in [0, 0.1) is 6.92 Å². The van der Waals surface area contributed by atoms with E-state index < -0.39 is 0 Å². The summed E-state index contributed by atoms with van der Waals surface area (Å²) in [6.07, 6.45) is 5.22. The summed E-state index contributed by atoms with van der Waals surface area (Å²) >= 11 is 1.62. The number of aromatic nitrogens is 3.